The fourth-order valence-electron chi connectivity index (χ4n) is 2.15. The minimum Gasteiger partial charge on any atom is -0.388 e. The zero-order valence-electron chi connectivity index (χ0n) is 10.3. The van der Waals surface area contributed by atoms with Gasteiger partial charge >= 0.3 is 0 Å². The largest absolute Gasteiger partial charge is 0.388 e. The summed E-state index contributed by atoms with van der Waals surface area (Å²) in [6.07, 6.45) is 7.50. The predicted molar refractivity (Wildman–Crippen MR) is 70.8 cm³/mol. The molecule has 0 amide bonds. The molecule has 1 N–H and O–H groups in total. The van der Waals surface area contributed by atoms with Gasteiger partial charge in [0.15, 0.2) is 0 Å². The number of aliphatic hydroxyl groups is 1. The summed E-state index contributed by atoms with van der Waals surface area (Å²) in [4.78, 5) is 4.20. The standard InChI is InChI=1S/C15H19NO/c1-2-3-4-9-15(17)14-11-16-10-12-7-5-6-8-13(12)14/h5-8,10-11,15,17H,2-4,9H2,1H3. The van der Waals surface area contributed by atoms with Gasteiger partial charge in [0.05, 0.1) is 6.10 Å². The van der Waals surface area contributed by atoms with E-state index in [0.29, 0.717) is 0 Å². The average molecular weight is 229 g/mol. The van der Waals surface area contributed by atoms with Crippen LogP contribution >= 0.6 is 0 Å². The number of aliphatic hydroxyl groups excluding tert-OH is 1. The summed E-state index contributed by atoms with van der Waals surface area (Å²) in [6.45, 7) is 2.17. The van der Waals surface area contributed by atoms with E-state index in [0.717, 1.165) is 29.2 Å². The Morgan fingerprint density at radius 2 is 2.00 bits per heavy atom. The Kier molecular flexibility index (Phi) is 4.10. The van der Waals surface area contributed by atoms with Crippen molar-refractivity contribution in [1.29, 1.82) is 0 Å². The Morgan fingerprint density at radius 1 is 1.18 bits per heavy atom. The molecule has 1 aromatic carbocycles. The highest BCUT2D eigenvalue weighted by molar-refractivity contribution is 5.84. The summed E-state index contributed by atoms with van der Waals surface area (Å²) in [6, 6.07) is 8.09. The number of fused-ring (bicyclic) bond motifs is 1. The molecule has 1 aromatic heterocycles. The zero-order valence-corrected chi connectivity index (χ0v) is 10.3. The molecule has 0 radical (unpaired) electrons. The smallest absolute Gasteiger partial charge is 0.0811 e. The molecule has 2 rings (SSSR count). The second-order valence-corrected chi connectivity index (χ2v) is 4.46. The maximum Gasteiger partial charge on any atom is 0.0811 e. The van der Waals surface area contributed by atoms with Crippen LogP contribution in [0.25, 0.3) is 10.8 Å². The SMILES string of the molecule is CCCCCC(O)c1cncc2ccccc12. The maximum absolute atomic E-state index is 10.2. The van der Waals surface area contributed by atoms with E-state index in [4.69, 9.17) is 0 Å². The molecule has 17 heavy (non-hydrogen) atoms. The normalized spacial score (nSPS) is 12.8. The number of hydrogen-bond donors (Lipinski definition) is 1. The number of rotatable bonds is 5. The molecule has 0 aliphatic heterocycles. The van der Waals surface area contributed by atoms with Crippen LogP contribution in [0.3, 0.4) is 0 Å². The van der Waals surface area contributed by atoms with E-state index < -0.39 is 0 Å². The van der Waals surface area contributed by atoms with Crippen LogP contribution in [0.5, 0.6) is 0 Å². The summed E-state index contributed by atoms with van der Waals surface area (Å²) in [5.41, 5.74) is 0.958. The van der Waals surface area contributed by atoms with Gasteiger partial charge in [-0.2, -0.15) is 0 Å². The second kappa shape index (κ2) is 5.78. The van der Waals surface area contributed by atoms with E-state index in [1.165, 1.54) is 12.8 Å². The van der Waals surface area contributed by atoms with Crippen molar-refractivity contribution in [3.8, 4) is 0 Å². The monoisotopic (exact) mass is 229 g/mol. The molecular formula is C15H19NO. The molecule has 0 spiro atoms. The molecule has 0 saturated heterocycles. The van der Waals surface area contributed by atoms with Gasteiger partial charge in [-0.05, 0) is 11.8 Å². The predicted octanol–water partition coefficient (Wildman–Crippen LogP) is 3.85. The Labute approximate surface area is 102 Å². The van der Waals surface area contributed by atoms with Gasteiger partial charge in [0, 0.05) is 23.3 Å². The highest BCUT2D eigenvalue weighted by atomic mass is 16.3. The van der Waals surface area contributed by atoms with Gasteiger partial charge in [0.2, 0.25) is 0 Å². The molecule has 2 heteroatoms. The van der Waals surface area contributed by atoms with Gasteiger partial charge in [-0.3, -0.25) is 4.98 Å². The van der Waals surface area contributed by atoms with Crippen LogP contribution < -0.4 is 0 Å². The number of aromatic nitrogens is 1. The van der Waals surface area contributed by atoms with E-state index in [2.05, 4.69) is 18.0 Å². The molecule has 2 aromatic rings. The third kappa shape index (κ3) is 2.83. The maximum atomic E-state index is 10.2. The molecule has 0 fully saturated rings. The van der Waals surface area contributed by atoms with Gasteiger partial charge in [-0.25, -0.2) is 0 Å². The van der Waals surface area contributed by atoms with Gasteiger partial charge in [-0.1, -0.05) is 50.5 Å². The third-order valence-corrected chi connectivity index (χ3v) is 3.14. The van der Waals surface area contributed by atoms with Crippen molar-refractivity contribution in [3.05, 3.63) is 42.2 Å². The number of benzene rings is 1. The number of nitrogens with zero attached hydrogens (tertiary/aromatic N) is 1. The van der Waals surface area contributed by atoms with Gasteiger partial charge in [0.25, 0.3) is 0 Å². The topological polar surface area (TPSA) is 33.1 Å². The van der Waals surface area contributed by atoms with E-state index in [-0.39, 0.29) is 6.10 Å². The molecule has 0 saturated carbocycles. The molecule has 1 unspecified atom stereocenters. The number of pyridine rings is 1. The van der Waals surface area contributed by atoms with Crippen LogP contribution in [-0.2, 0) is 0 Å². The lowest BCUT2D eigenvalue weighted by molar-refractivity contribution is 0.165. The van der Waals surface area contributed by atoms with Gasteiger partial charge in [0.1, 0.15) is 0 Å². The van der Waals surface area contributed by atoms with Crippen molar-refractivity contribution in [2.75, 3.05) is 0 Å². The van der Waals surface area contributed by atoms with Crippen molar-refractivity contribution in [2.45, 2.75) is 38.7 Å². The lowest BCUT2D eigenvalue weighted by atomic mass is 9.99. The van der Waals surface area contributed by atoms with Crippen LogP contribution in [0.1, 0.15) is 44.3 Å². The van der Waals surface area contributed by atoms with E-state index >= 15 is 0 Å². The minimum absolute atomic E-state index is 0.389. The van der Waals surface area contributed by atoms with Crippen LogP contribution in [0.2, 0.25) is 0 Å². The molecule has 90 valence electrons. The number of unbranched alkanes of at least 4 members (excludes halogenated alkanes) is 2. The molecule has 0 aliphatic carbocycles. The third-order valence-electron chi connectivity index (χ3n) is 3.14. The lowest BCUT2D eigenvalue weighted by Crippen LogP contribution is -1.99. The van der Waals surface area contributed by atoms with Crippen molar-refractivity contribution in [2.24, 2.45) is 0 Å². The summed E-state index contributed by atoms with van der Waals surface area (Å²) in [5.74, 6) is 0. The van der Waals surface area contributed by atoms with E-state index in [1.807, 2.05) is 24.4 Å². The van der Waals surface area contributed by atoms with E-state index in [1.54, 1.807) is 6.20 Å². The molecule has 0 aliphatic rings. The van der Waals surface area contributed by atoms with Crippen molar-refractivity contribution in [1.82, 2.24) is 4.98 Å². The van der Waals surface area contributed by atoms with Gasteiger partial charge < -0.3 is 5.11 Å². The molecular weight excluding hydrogens is 210 g/mol. The first-order valence-corrected chi connectivity index (χ1v) is 6.33. The van der Waals surface area contributed by atoms with Crippen LogP contribution in [0, 0.1) is 0 Å². The Hall–Kier alpha value is -1.41. The molecule has 2 nitrogen and oxygen atoms in total. The first-order chi connectivity index (χ1) is 8.33. The van der Waals surface area contributed by atoms with Crippen molar-refractivity contribution < 1.29 is 5.11 Å². The van der Waals surface area contributed by atoms with Crippen molar-refractivity contribution >= 4 is 10.8 Å². The van der Waals surface area contributed by atoms with Crippen molar-refractivity contribution in [3.63, 3.8) is 0 Å². The summed E-state index contributed by atoms with van der Waals surface area (Å²) in [5, 5.41) is 12.4. The highest BCUT2D eigenvalue weighted by Crippen LogP contribution is 2.26. The highest BCUT2D eigenvalue weighted by Gasteiger charge is 2.10. The Morgan fingerprint density at radius 3 is 2.82 bits per heavy atom. The summed E-state index contributed by atoms with van der Waals surface area (Å²) in [7, 11) is 0. The fourth-order valence-corrected chi connectivity index (χ4v) is 2.15. The molecule has 1 atom stereocenters. The number of hydrogen-bond acceptors (Lipinski definition) is 2. The summed E-state index contributed by atoms with van der Waals surface area (Å²) >= 11 is 0. The Balaban J connectivity index is 2.22. The quantitative estimate of drug-likeness (QED) is 0.790. The fraction of sp³-hybridized carbons (Fsp3) is 0.400. The molecule has 1 heterocycles. The summed E-state index contributed by atoms with van der Waals surface area (Å²) < 4.78 is 0. The minimum atomic E-state index is -0.389. The first kappa shape index (κ1) is 12.1. The zero-order chi connectivity index (χ0) is 12.1. The average Bonchev–Trinajstić information content (AvgIpc) is 2.38. The van der Waals surface area contributed by atoms with Crippen LogP contribution in [0.4, 0.5) is 0 Å². The second-order valence-electron chi connectivity index (χ2n) is 4.46. The van der Waals surface area contributed by atoms with Crippen LogP contribution in [0.15, 0.2) is 36.7 Å². The first-order valence-electron chi connectivity index (χ1n) is 6.33. The van der Waals surface area contributed by atoms with Crippen LogP contribution in [-0.4, -0.2) is 10.1 Å². The Bertz CT molecular complexity index is 476. The van der Waals surface area contributed by atoms with Gasteiger partial charge in [-0.15, -0.1) is 0 Å². The van der Waals surface area contributed by atoms with E-state index in [9.17, 15) is 5.11 Å². The lowest BCUT2D eigenvalue weighted by Gasteiger charge is -2.12. The molecule has 0 bridgehead atoms.